The zero-order chi connectivity index (χ0) is 15.5. The molecule has 0 saturated carbocycles. The number of benzene rings is 1. The number of hydrogen-bond acceptors (Lipinski definition) is 4. The predicted molar refractivity (Wildman–Crippen MR) is 89.5 cm³/mol. The molecule has 0 saturated heterocycles. The van der Waals surface area contributed by atoms with E-state index in [2.05, 4.69) is 35.0 Å². The number of pyridine rings is 1. The van der Waals surface area contributed by atoms with E-state index in [0.717, 1.165) is 41.4 Å². The van der Waals surface area contributed by atoms with Gasteiger partial charge in [0, 0.05) is 31.0 Å². The van der Waals surface area contributed by atoms with Crippen molar-refractivity contribution in [3.8, 4) is 11.5 Å². The summed E-state index contributed by atoms with van der Waals surface area (Å²) in [5.41, 5.74) is 10.3. The van der Waals surface area contributed by atoms with Crippen molar-refractivity contribution in [3.05, 3.63) is 59.4 Å². The molecule has 1 aliphatic heterocycles. The van der Waals surface area contributed by atoms with Crippen molar-refractivity contribution < 1.29 is 4.74 Å². The average Bonchev–Trinajstić information content (AvgIpc) is 3.05. The van der Waals surface area contributed by atoms with E-state index >= 15 is 0 Å². The predicted octanol–water partition coefficient (Wildman–Crippen LogP) is 3.33. The second-order valence-corrected chi connectivity index (χ2v) is 5.56. The van der Waals surface area contributed by atoms with Gasteiger partial charge in [0.1, 0.15) is 11.5 Å². The normalized spacial score (nSPS) is 13.7. The number of aromatic nitrogens is 1. The minimum atomic E-state index is 0.495. The Morgan fingerprint density at radius 3 is 2.59 bits per heavy atom. The fourth-order valence-electron chi connectivity index (χ4n) is 2.60. The van der Waals surface area contributed by atoms with Crippen molar-refractivity contribution >= 4 is 5.69 Å². The number of ether oxygens (including phenoxy) is 1. The van der Waals surface area contributed by atoms with Crippen LogP contribution in [0.3, 0.4) is 0 Å². The molecule has 0 spiro atoms. The summed E-state index contributed by atoms with van der Waals surface area (Å²) in [4.78, 5) is 6.57. The van der Waals surface area contributed by atoms with Gasteiger partial charge in [-0.25, -0.2) is 0 Å². The van der Waals surface area contributed by atoms with E-state index < -0.39 is 0 Å². The minimum absolute atomic E-state index is 0.495. The first kappa shape index (κ1) is 14.6. The first-order valence-electron chi connectivity index (χ1n) is 7.51. The molecule has 0 atom stereocenters. The molecule has 1 aromatic heterocycles. The zero-order valence-electron chi connectivity index (χ0n) is 13.0. The van der Waals surface area contributed by atoms with E-state index in [-0.39, 0.29) is 0 Å². The Balaban J connectivity index is 1.90. The van der Waals surface area contributed by atoms with E-state index in [1.54, 1.807) is 6.20 Å². The maximum absolute atomic E-state index is 5.97. The highest BCUT2D eigenvalue weighted by Crippen LogP contribution is 2.32. The number of anilines is 1. The van der Waals surface area contributed by atoms with Gasteiger partial charge in [-0.1, -0.05) is 12.2 Å². The van der Waals surface area contributed by atoms with Crippen molar-refractivity contribution in [2.45, 2.75) is 20.4 Å². The second-order valence-electron chi connectivity index (χ2n) is 5.56. The summed E-state index contributed by atoms with van der Waals surface area (Å²) in [5, 5.41) is 0. The maximum Gasteiger partial charge on any atom is 0.145 e. The summed E-state index contributed by atoms with van der Waals surface area (Å²) in [6.07, 6.45) is 6.10. The van der Waals surface area contributed by atoms with E-state index in [1.165, 1.54) is 5.69 Å². The van der Waals surface area contributed by atoms with Crippen molar-refractivity contribution in [1.82, 2.24) is 4.98 Å². The maximum atomic E-state index is 5.97. The molecule has 114 valence electrons. The molecule has 1 aromatic carbocycles. The van der Waals surface area contributed by atoms with Gasteiger partial charge in [-0.05, 0) is 49.2 Å². The lowest BCUT2D eigenvalue weighted by molar-refractivity contribution is 0.475. The van der Waals surface area contributed by atoms with Gasteiger partial charge in [0.2, 0.25) is 0 Å². The molecule has 0 unspecified atom stereocenters. The second kappa shape index (κ2) is 6.20. The Morgan fingerprint density at radius 1 is 1.18 bits per heavy atom. The molecule has 2 heterocycles. The molecule has 0 fully saturated rings. The highest BCUT2D eigenvalue weighted by Gasteiger charge is 2.15. The Hall–Kier alpha value is -2.33. The van der Waals surface area contributed by atoms with Gasteiger partial charge >= 0.3 is 0 Å². The lowest BCUT2D eigenvalue weighted by Gasteiger charge is -2.23. The molecule has 1 aliphatic rings. The molecule has 2 N–H and O–H groups in total. The van der Waals surface area contributed by atoms with E-state index in [0.29, 0.717) is 6.54 Å². The smallest absolute Gasteiger partial charge is 0.145 e. The fraction of sp³-hybridized carbons (Fsp3) is 0.278. The van der Waals surface area contributed by atoms with Crippen molar-refractivity contribution in [1.29, 1.82) is 0 Å². The molecule has 0 bridgehead atoms. The number of hydrogen-bond donors (Lipinski definition) is 1. The van der Waals surface area contributed by atoms with Crippen LogP contribution in [-0.2, 0) is 6.54 Å². The van der Waals surface area contributed by atoms with Gasteiger partial charge < -0.3 is 15.4 Å². The lowest BCUT2D eigenvalue weighted by Crippen LogP contribution is -2.21. The van der Waals surface area contributed by atoms with E-state index in [4.69, 9.17) is 10.5 Å². The Bertz CT molecular complexity index is 684. The van der Waals surface area contributed by atoms with Crippen LogP contribution >= 0.6 is 0 Å². The molecule has 0 aliphatic carbocycles. The summed E-state index contributed by atoms with van der Waals surface area (Å²) in [7, 11) is 0. The first-order valence-corrected chi connectivity index (χ1v) is 7.51. The monoisotopic (exact) mass is 295 g/mol. The zero-order valence-corrected chi connectivity index (χ0v) is 13.0. The van der Waals surface area contributed by atoms with Gasteiger partial charge in [0.25, 0.3) is 0 Å². The summed E-state index contributed by atoms with van der Waals surface area (Å²) < 4.78 is 5.97. The van der Waals surface area contributed by atoms with Crippen LogP contribution in [0, 0.1) is 13.8 Å². The first-order chi connectivity index (χ1) is 10.7. The quantitative estimate of drug-likeness (QED) is 0.879. The minimum Gasteiger partial charge on any atom is -0.455 e. The van der Waals surface area contributed by atoms with Crippen molar-refractivity contribution in [2.24, 2.45) is 5.73 Å². The van der Waals surface area contributed by atoms with Crippen LogP contribution in [0.15, 0.2) is 42.6 Å². The summed E-state index contributed by atoms with van der Waals surface area (Å²) >= 11 is 0. The third-order valence-corrected chi connectivity index (χ3v) is 3.87. The van der Waals surface area contributed by atoms with Crippen LogP contribution in [0.2, 0.25) is 0 Å². The Labute approximate surface area is 131 Å². The molecule has 2 aromatic rings. The molecular weight excluding hydrogens is 274 g/mol. The van der Waals surface area contributed by atoms with Crippen LogP contribution in [0.5, 0.6) is 11.5 Å². The number of nitrogens with zero attached hydrogens (tertiary/aromatic N) is 2. The van der Waals surface area contributed by atoms with Gasteiger partial charge in [-0.2, -0.15) is 0 Å². The molecule has 0 amide bonds. The standard InChI is InChI=1S/C18H21N3O/c1-13-9-17(21-7-3-4-8-21)15(11-19)10-18(13)22-16-6-5-14(2)20-12-16/h3-6,9-10,12H,7-8,11,19H2,1-2H3. The highest BCUT2D eigenvalue weighted by molar-refractivity contribution is 5.61. The van der Waals surface area contributed by atoms with Gasteiger partial charge in [-0.3, -0.25) is 4.98 Å². The Morgan fingerprint density at radius 2 is 1.95 bits per heavy atom. The van der Waals surface area contributed by atoms with Gasteiger partial charge in [-0.15, -0.1) is 0 Å². The molecule has 0 radical (unpaired) electrons. The fourth-order valence-corrected chi connectivity index (χ4v) is 2.60. The average molecular weight is 295 g/mol. The van der Waals surface area contributed by atoms with E-state index in [9.17, 15) is 0 Å². The molecule has 3 rings (SSSR count). The topological polar surface area (TPSA) is 51.4 Å². The number of nitrogens with two attached hydrogens (primary N) is 1. The summed E-state index contributed by atoms with van der Waals surface area (Å²) in [6, 6.07) is 8.08. The largest absolute Gasteiger partial charge is 0.455 e. The Kier molecular flexibility index (Phi) is 4.11. The van der Waals surface area contributed by atoms with Crippen molar-refractivity contribution in [2.75, 3.05) is 18.0 Å². The van der Waals surface area contributed by atoms with E-state index in [1.807, 2.05) is 25.1 Å². The number of aryl methyl sites for hydroxylation is 2. The van der Waals surface area contributed by atoms with Crippen LogP contribution in [0.4, 0.5) is 5.69 Å². The molecule has 4 heteroatoms. The molecular formula is C18H21N3O. The summed E-state index contributed by atoms with van der Waals surface area (Å²) in [6.45, 7) is 6.39. The van der Waals surface area contributed by atoms with Crippen LogP contribution < -0.4 is 15.4 Å². The van der Waals surface area contributed by atoms with Crippen molar-refractivity contribution in [3.63, 3.8) is 0 Å². The lowest BCUT2D eigenvalue weighted by atomic mass is 10.1. The third-order valence-electron chi connectivity index (χ3n) is 3.87. The SMILES string of the molecule is Cc1ccc(Oc2cc(CN)c(N3CC=CC3)cc2C)cn1. The highest BCUT2D eigenvalue weighted by atomic mass is 16.5. The van der Waals surface area contributed by atoms with Crippen LogP contribution in [-0.4, -0.2) is 18.1 Å². The van der Waals surface area contributed by atoms with Gasteiger partial charge in [0.15, 0.2) is 0 Å². The van der Waals surface area contributed by atoms with Crippen LogP contribution in [0.25, 0.3) is 0 Å². The summed E-state index contributed by atoms with van der Waals surface area (Å²) in [5.74, 6) is 1.58. The molecule has 4 nitrogen and oxygen atoms in total. The van der Waals surface area contributed by atoms with Gasteiger partial charge in [0.05, 0.1) is 6.20 Å². The third kappa shape index (κ3) is 2.97. The van der Waals surface area contributed by atoms with Crippen LogP contribution in [0.1, 0.15) is 16.8 Å². The number of rotatable bonds is 4. The molecule has 22 heavy (non-hydrogen) atoms.